The zero-order chi connectivity index (χ0) is 13.7. The smallest absolute Gasteiger partial charge is 0.137 e. The molecule has 1 aliphatic carbocycles. The van der Waals surface area contributed by atoms with Crippen molar-refractivity contribution in [3.05, 3.63) is 0 Å². The van der Waals surface area contributed by atoms with Gasteiger partial charge in [0.2, 0.25) is 0 Å². The highest BCUT2D eigenvalue weighted by molar-refractivity contribution is 5.81. The van der Waals surface area contributed by atoms with E-state index in [2.05, 4.69) is 18.7 Å². The van der Waals surface area contributed by atoms with Crippen LogP contribution in [0.5, 0.6) is 0 Å². The molecule has 3 unspecified atom stereocenters. The van der Waals surface area contributed by atoms with Gasteiger partial charge in [-0.2, -0.15) is 0 Å². The van der Waals surface area contributed by atoms with Gasteiger partial charge < -0.3 is 4.90 Å². The van der Waals surface area contributed by atoms with E-state index in [4.69, 9.17) is 0 Å². The van der Waals surface area contributed by atoms with Gasteiger partial charge in [-0.25, -0.2) is 0 Å². The van der Waals surface area contributed by atoms with Crippen molar-refractivity contribution < 1.29 is 4.79 Å². The Morgan fingerprint density at radius 3 is 2.58 bits per heavy atom. The van der Waals surface area contributed by atoms with Crippen molar-refractivity contribution in [2.24, 2.45) is 17.8 Å². The van der Waals surface area contributed by atoms with Gasteiger partial charge in [-0.05, 0) is 44.1 Å². The van der Waals surface area contributed by atoms with Crippen LogP contribution in [0.2, 0.25) is 0 Å². The molecule has 2 aliphatic rings. The van der Waals surface area contributed by atoms with E-state index in [1.807, 2.05) is 0 Å². The summed E-state index contributed by atoms with van der Waals surface area (Å²) >= 11 is 0. The van der Waals surface area contributed by atoms with Crippen LogP contribution in [0.15, 0.2) is 0 Å². The van der Waals surface area contributed by atoms with Gasteiger partial charge in [0.15, 0.2) is 0 Å². The number of Topliss-reactive ketones (excluding diaryl/α,β-unsaturated/α-hetero) is 1. The summed E-state index contributed by atoms with van der Waals surface area (Å²) in [5, 5.41) is 0. The molecule has 0 aromatic heterocycles. The summed E-state index contributed by atoms with van der Waals surface area (Å²) in [4.78, 5) is 14.7. The summed E-state index contributed by atoms with van der Waals surface area (Å²) < 4.78 is 0. The molecule has 0 spiro atoms. The minimum absolute atomic E-state index is 0.352. The van der Waals surface area contributed by atoms with Crippen LogP contribution in [0.1, 0.15) is 65.2 Å². The highest BCUT2D eigenvalue weighted by Gasteiger charge is 2.31. The molecule has 0 aromatic carbocycles. The quantitative estimate of drug-likeness (QED) is 0.726. The van der Waals surface area contributed by atoms with Gasteiger partial charge in [-0.3, -0.25) is 4.79 Å². The Morgan fingerprint density at radius 1 is 1.11 bits per heavy atom. The van der Waals surface area contributed by atoms with E-state index in [0.717, 1.165) is 31.2 Å². The highest BCUT2D eigenvalue weighted by Crippen LogP contribution is 2.31. The number of carbonyl (C=O) groups is 1. The molecule has 1 heterocycles. The van der Waals surface area contributed by atoms with E-state index in [9.17, 15) is 4.79 Å². The number of nitrogens with zero attached hydrogens (tertiary/aromatic N) is 1. The lowest BCUT2D eigenvalue weighted by molar-refractivity contribution is -0.126. The predicted octanol–water partition coefficient (Wildman–Crippen LogP) is 3.89. The normalized spacial score (nSPS) is 32.9. The van der Waals surface area contributed by atoms with Crippen LogP contribution in [0.4, 0.5) is 0 Å². The molecule has 0 amide bonds. The Balaban J connectivity index is 1.79. The third-order valence-electron chi connectivity index (χ3n) is 5.11. The van der Waals surface area contributed by atoms with Crippen molar-refractivity contribution in [2.45, 2.75) is 65.2 Å². The molecular weight excluding hydrogens is 234 g/mol. The molecule has 3 atom stereocenters. The van der Waals surface area contributed by atoms with Gasteiger partial charge in [0, 0.05) is 25.4 Å². The van der Waals surface area contributed by atoms with Crippen molar-refractivity contribution in [3.8, 4) is 0 Å². The molecule has 1 saturated heterocycles. The number of hydrogen-bond acceptors (Lipinski definition) is 2. The fourth-order valence-corrected chi connectivity index (χ4v) is 4.08. The van der Waals surface area contributed by atoms with Crippen molar-refractivity contribution in [2.75, 3.05) is 19.6 Å². The first-order valence-electron chi connectivity index (χ1n) is 8.48. The van der Waals surface area contributed by atoms with Crippen LogP contribution >= 0.6 is 0 Å². The molecule has 2 nitrogen and oxygen atoms in total. The average Bonchev–Trinajstić information content (AvgIpc) is 2.82. The van der Waals surface area contributed by atoms with Crippen molar-refractivity contribution >= 4 is 5.78 Å². The number of rotatable bonds is 6. The second-order valence-electron chi connectivity index (χ2n) is 6.80. The van der Waals surface area contributed by atoms with Gasteiger partial charge in [0.1, 0.15) is 5.78 Å². The fourth-order valence-electron chi connectivity index (χ4n) is 4.08. The van der Waals surface area contributed by atoms with Crippen LogP contribution in [0.3, 0.4) is 0 Å². The minimum Gasteiger partial charge on any atom is -0.302 e. The highest BCUT2D eigenvalue weighted by atomic mass is 16.1. The van der Waals surface area contributed by atoms with Gasteiger partial charge in [-0.15, -0.1) is 0 Å². The third-order valence-corrected chi connectivity index (χ3v) is 5.11. The van der Waals surface area contributed by atoms with Gasteiger partial charge in [0.05, 0.1) is 0 Å². The summed E-state index contributed by atoms with van der Waals surface area (Å²) in [6, 6.07) is 0. The Labute approximate surface area is 118 Å². The maximum atomic E-state index is 12.1. The molecule has 0 bridgehead atoms. The largest absolute Gasteiger partial charge is 0.302 e. The number of ketones is 1. The second-order valence-corrected chi connectivity index (χ2v) is 6.80. The Morgan fingerprint density at radius 2 is 1.84 bits per heavy atom. The molecular formula is C17H31NO. The fraction of sp³-hybridized carbons (Fsp3) is 0.941. The van der Waals surface area contributed by atoms with Crippen LogP contribution in [-0.4, -0.2) is 30.3 Å². The molecule has 2 fully saturated rings. The summed E-state index contributed by atoms with van der Waals surface area (Å²) in [5.74, 6) is 2.62. The summed E-state index contributed by atoms with van der Waals surface area (Å²) in [6.45, 7) is 8.08. The maximum absolute atomic E-state index is 12.1. The Kier molecular flexibility index (Phi) is 5.87. The van der Waals surface area contributed by atoms with E-state index >= 15 is 0 Å². The number of likely N-dealkylation sites (tertiary alicyclic amines) is 1. The lowest BCUT2D eigenvalue weighted by atomic mass is 9.78. The summed E-state index contributed by atoms with van der Waals surface area (Å²) in [7, 11) is 0. The lowest BCUT2D eigenvalue weighted by Gasteiger charge is -2.30. The zero-order valence-electron chi connectivity index (χ0n) is 12.9. The van der Waals surface area contributed by atoms with Crippen LogP contribution in [0.25, 0.3) is 0 Å². The maximum Gasteiger partial charge on any atom is 0.137 e. The molecule has 0 N–H and O–H groups in total. The SMILES string of the molecule is CCCC1CCC(=O)C(CN2CCC(CCC)C2)C1. The van der Waals surface area contributed by atoms with Crippen LogP contribution in [0, 0.1) is 17.8 Å². The first-order valence-corrected chi connectivity index (χ1v) is 8.48. The molecule has 1 saturated carbocycles. The van der Waals surface area contributed by atoms with Crippen molar-refractivity contribution in [1.29, 1.82) is 0 Å². The molecule has 2 heteroatoms. The summed E-state index contributed by atoms with van der Waals surface area (Å²) in [5.41, 5.74) is 0. The number of carbonyl (C=O) groups excluding carboxylic acids is 1. The molecule has 110 valence electrons. The Bertz CT molecular complexity index is 289. The first kappa shape index (κ1) is 15.0. The van der Waals surface area contributed by atoms with E-state index in [1.165, 1.54) is 51.6 Å². The Hall–Kier alpha value is -0.370. The summed E-state index contributed by atoms with van der Waals surface area (Å²) in [6.07, 6.45) is 9.79. The van der Waals surface area contributed by atoms with Gasteiger partial charge in [0.25, 0.3) is 0 Å². The van der Waals surface area contributed by atoms with E-state index in [-0.39, 0.29) is 0 Å². The molecule has 0 aromatic rings. The molecule has 19 heavy (non-hydrogen) atoms. The molecule has 2 rings (SSSR count). The molecule has 0 radical (unpaired) electrons. The monoisotopic (exact) mass is 265 g/mol. The van der Waals surface area contributed by atoms with E-state index < -0.39 is 0 Å². The van der Waals surface area contributed by atoms with E-state index in [1.54, 1.807) is 0 Å². The zero-order valence-corrected chi connectivity index (χ0v) is 12.9. The third kappa shape index (κ3) is 4.30. The van der Waals surface area contributed by atoms with E-state index in [0.29, 0.717) is 11.7 Å². The van der Waals surface area contributed by atoms with Crippen LogP contribution in [-0.2, 0) is 4.79 Å². The number of hydrogen-bond donors (Lipinski definition) is 0. The standard InChI is InChI=1S/C17H31NO/c1-3-5-14-7-8-17(19)16(11-14)13-18-10-9-15(12-18)6-4-2/h14-16H,3-13H2,1-2H3. The van der Waals surface area contributed by atoms with Crippen LogP contribution < -0.4 is 0 Å². The topological polar surface area (TPSA) is 20.3 Å². The lowest BCUT2D eigenvalue weighted by Crippen LogP contribution is -2.35. The second kappa shape index (κ2) is 7.42. The minimum atomic E-state index is 0.352. The van der Waals surface area contributed by atoms with Crippen molar-refractivity contribution in [1.82, 2.24) is 4.90 Å². The van der Waals surface area contributed by atoms with Crippen molar-refractivity contribution in [3.63, 3.8) is 0 Å². The predicted molar refractivity (Wildman–Crippen MR) is 80.2 cm³/mol. The average molecular weight is 265 g/mol. The first-order chi connectivity index (χ1) is 9.22. The van der Waals surface area contributed by atoms with Gasteiger partial charge in [-0.1, -0.05) is 33.1 Å². The van der Waals surface area contributed by atoms with Gasteiger partial charge >= 0.3 is 0 Å². The molecule has 1 aliphatic heterocycles.